The molecule has 0 aliphatic carbocycles. The molecular formula is C12H18ClFN2. The smallest absolute Gasteiger partial charge is 0.128 e. The van der Waals surface area contributed by atoms with Crippen molar-refractivity contribution in [3.8, 4) is 0 Å². The Kier molecular flexibility index (Phi) is 5.03. The van der Waals surface area contributed by atoms with E-state index in [1.54, 1.807) is 13.0 Å². The second-order valence-corrected chi connectivity index (χ2v) is 4.34. The zero-order valence-electron chi connectivity index (χ0n) is 9.98. The summed E-state index contributed by atoms with van der Waals surface area (Å²) in [6.45, 7) is 3.51. The van der Waals surface area contributed by atoms with Gasteiger partial charge in [0.15, 0.2) is 0 Å². The summed E-state index contributed by atoms with van der Waals surface area (Å²) in [5.41, 5.74) is 1.33. The molecule has 0 spiro atoms. The van der Waals surface area contributed by atoms with Crippen molar-refractivity contribution in [1.29, 1.82) is 0 Å². The number of aryl methyl sites for hydroxylation is 1. The normalized spacial score (nSPS) is 10.6. The number of hydrogen-bond acceptors (Lipinski definition) is 2. The van der Waals surface area contributed by atoms with E-state index in [9.17, 15) is 4.39 Å². The van der Waals surface area contributed by atoms with Crippen molar-refractivity contribution in [3.63, 3.8) is 0 Å². The van der Waals surface area contributed by atoms with Gasteiger partial charge in [-0.25, -0.2) is 4.39 Å². The van der Waals surface area contributed by atoms with E-state index < -0.39 is 0 Å². The van der Waals surface area contributed by atoms with E-state index in [1.165, 1.54) is 6.07 Å². The van der Waals surface area contributed by atoms with Crippen molar-refractivity contribution in [2.45, 2.75) is 13.3 Å². The average Bonchev–Trinajstić information content (AvgIpc) is 2.23. The number of anilines is 1. The van der Waals surface area contributed by atoms with Crippen LogP contribution in [0.5, 0.6) is 0 Å². The summed E-state index contributed by atoms with van der Waals surface area (Å²) in [5.74, 6) is -0.208. The predicted octanol–water partition coefficient (Wildman–Crippen LogP) is 2.83. The first-order valence-corrected chi connectivity index (χ1v) is 5.75. The molecular weight excluding hydrogens is 227 g/mol. The van der Waals surface area contributed by atoms with E-state index in [2.05, 4.69) is 5.32 Å². The summed E-state index contributed by atoms with van der Waals surface area (Å²) in [7, 11) is 3.84. The summed E-state index contributed by atoms with van der Waals surface area (Å²) in [4.78, 5) is 1.97. The van der Waals surface area contributed by atoms with Gasteiger partial charge >= 0.3 is 0 Å². The van der Waals surface area contributed by atoms with Crippen LogP contribution in [-0.4, -0.2) is 27.2 Å². The summed E-state index contributed by atoms with van der Waals surface area (Å²) in [6, 6.07) is 3.16. The molecule has 0 bridgehead atoms. The van der Waals surface area contributed by atoms with Crippen molar-refractivity contribution in [2.75, 3.05) is 32.1 Å². The van der Waals surface area contributed by atoms with Crippen LogP contribution < -0.4 is 10.2 Å². The van der Waals surface area contributed by atoms with Crippen molar-refractivity contribution in [2.24, 2.45) is 0 Å². The van der Waals surface area contributed by atoms with Crippen molar-refractivity contribution in [3.05, 3.63) is 28.5 Å². The number of rotatable bonds is 5. The van der Waals surface area contributed by atoms with Gasteiger partial charge in [0.2, 0.25) is 0 Å². The van der Waals surface area contributed by atoms with E-state index in [0.29, 0.717) is 10.6 Å². The molecule has 0 heterocycles. The fourth-order valence-electron chi connectivity index (χ4n) is 1.54. The molecule has 2 nitrogen and oxygen atoms in total. The van der Waals surface area contributed by atoms with E-state index >= 15 is 0 Å². The van der Waals surface area contributed by atoms with Crippen molar-refractivity contribution >= 4 is 17.3 Å². The number of hydrogen-bond donors (Lipinski definition) is 1. The second-order valence-electron chi connectivity index (χ2n) is 3.93. The molecule has 0 radical (unpaired) electrons. The van der Waals surface area contributed by atoms with Crippen LogP contribution in [0, 0.1) is 12.7 Å². The molecule has 0 aliphatic heterocycles. The van der Waals surface area contributed by atoms with Crippen LogP contribution in [0.1, 0.15) is 12.0 Å². The molecule has 0 amide bonds. The predicted molar refractivity (Wildman–Crippen MR) is 68.0 cm³/mol. The molecule has 0 fully saturated rings. The SMILES string of the molecule is CNCCCN(C)c1cc(F)c(C)cc1Cl. The molecule has 0 saturated carbocycles. The standard InChI is InChI=1S/C12H18ClFN2/c1-9-7-10(13)12(8-11(9)14)16(3)6-4-5-15-2/h7-8,15H,4-6H2,1-3H3. The van der Waals surface area contributed by atoms with Crippen LogP contribution in [-0.2, 0) is 0 Å². The van der Waals surface area contributed by atoms with Crippen LogP contribution in [0.25, 0.3) is 0 Å². The zero-order valence-corrected chi connectivity index (χ0v) is 10.7. The fraction of sp³-hybridized carbons (Fsp3) is 0.500. The van der Waals surface area contributed by atoms with Gasteiger partial charge in [0.1, 0.15) is 5.82 Å². The summed E-state index contributed by atoms with van der Waals surface area (Å²) in [6.07, 6.45) is 0.999. The van der Waals surface area contributed by atoms with E-state index in [0.717, 1.165) is 25.2 Å². The van der Waals surface area contributed by atoms with Gasteiger partial charge in [-0.2, -0.15) is 0 Å². The number of halogens is 2. The van der Waals surface area contributed by atoms with Gasteiger partial charge in [-0.1, -0.05) is 11.6 Å². The van der Waals surface area contributed by atoms with Gasteiger partial charge in [-0.05, 0) is 44.6 Å². The lowest BCUT2D eigenvalue weighted by Crippen LogP contribution is -2.22. The minimum absolute atomic E-state index is 0.208. The Labute approximate surface area is 101 Å². The lowest BCUT2D eigenvalue weighted by atomic mass is 10.2. The lowest BCUT2D eigenvalue weighted by molar-refractivity contribution is 0.617. The van der Waals surface area contributed by atoms with Gasteiger partial charge in [0.25, 0.3) is 0 Å². The Morgan fingerprint density at radius 1 is 1.44 bits per heavy atom. The highest BCUT2D eigenvalue weighted by atomic mass is 35.5. The molecule has 0 aromatic heterocycles. The summed E-state index contributed by atoms with van der Waals surface area (Å²) >= 11 is 6.09. The van der Waals surface area contributed by atoms with Gasteiger partial charge in [-0.3, -0.25) is 0 Å². The first-order chi connectivity index (χ1) is 7.56. The Bertz CT molecular complexity index is 355. The van der Waals surface area contributed by atoms with Crippen LogP contribution in [0.3, 0.4) is 0 Å². The lowest BCUT2D eigenvalue weighted by Gasteiger charge is -2.21. The maximum atomic E-state index is 13.4. The average molecular weight is 245 g/mol. The molecule has 0 unspecified atom stereocenters. The molecule has 16 heavy (non-hydrogen) atoms. The maximum Gasteiger partial charge on any atom is 0.128 e. The van der Waals surface area contributed by atoms with Gasteiger partial charge < -0.3 is 10.2 Å². The third-order valence-electron chi connectivity index (χ3n) is 2.56. The third-order valence-corrected chi connectivity index (χ3v) is 2.86. The summed E-state index contributed by atoms with van der Waals surface area (Å²) < 4.78 is 13.4. The van der Waals surface area contributed by atoms with Gasteiger partial charge in [0, 0.05) is 13.6 Å². The Morgan fingerprint density at radius 2 is 2.12 bits per heavy atom. The van der Waals surface area contributed by atoms with Gasteiger partial charge in [0.05, 0.1) is 10.7 Å². The monoisotopic (exact) mass is 244 g/mol. The Morgan fingerprint density at radius 3 is 2.75 bits per heavy atom. The first kappa shape index (κ1) is 13.3. The topological polar surface area (TPSA) is 15.3 Å². The van der Waals surface area contributed by atoms with Crippen LogP contribution in [0.4, 0.5) is 10.1 Å². The number of nitrogens with zero attached hydrogens (tertiary/aromatic N) is 1. The molecule has 4 heteroatoms. The van der Waals surface area contributed by atoms with Crippen molar-refractivity contribution in [1.82, 2.24) is 5.32 Å². The van der Waals surface area contributed by atoms with Crippen LogP contribution in [0.15, 0.2) is 12.1 Å². The molecule has 0 saturated heterocycles. The highest BCUT2D eigenvalue weighted by Crippen LogP contribution is 2.27. The zero-order chi connectivity index (χ0) is 12.1. The highest BCUT2D eigenvalue weighted by molar-refractivity contribution is 6.33. The third kappa shape index (κ3) is 3.35. The molecule has 90 valence electrons. The molecule has 1 aromatic carbocycles. The maximum absolute atomic E-state index is 13.4. The number of nitrogens with one attached hydrogen (secondary N) is 1. The minimum atomic E-state index is -0.208. The molecule has 0 atom stereocenters. The van der Waals surface area contributed by atoms with Crippen LogP contribution in [0.2, 0.25) is 5.02 Å². The van der Waals surface area contributed by atoms with E-state index in [-0.39, 0.29) is 5.82 Å². The van der Waals surface area contributed by atoms with Crippen molar-refractivity contribution < 1.29 is 4.39 Å². The molecule has 0 aliphatic rings. The Hall–Kier alpha value is -0.800. The van der Waals surface area contributed by atoms with E-state index in [1.807, 2.05) is 19.0 Å². The minimum Gasteiger partial charge on any atom is -0.373 e. The largest absolute Gasteiger partial charge is 0.373 e. The fourth-order valence-corrected chi connectivity index (χ4v) is 1.90. The number of benzene rings is 1. The second kappa shape index (κ2) is 6.06. The highest BCUT2D eigenvalue weighted by Gasteiger charge is 2.09. The quantitative estimate of drug-likeness (QED) is 0.802. The van der Waals surface area contributed by atoms with E-state index in [4.69, 9.17) is 11.6 Å². The Balaban J connectivity index is 2.75. The summed E-state index contributed by atoms with van der Waals surface area (Å²) in [5, 5.41) is 3.68. The van der Waals surface area contributed by atoms with Gasteiger partial charge in [-0.15, -0.1) is 0 Å². The van der Waals surface area contributed by atoms with Crippen LogP contribution >= 0.6 is 11.6 Å². The molecule has 1 rings (SSSR count). The molecule has 1 aromatic rings. The molecule has 1 N–H and O–H groups in total. The first-order valence-electron chi connectivity index (χ1n) is 5.37.